The summed E-state index contributed by atoms with van der Waals surface area (Å²) in [5, 5.41) is 2.33. The average Bonchev–Trinajstić information content (AvgIpc) is 2.78. The van der Waals surface area contributed by atoms with Crippen LogP contribution in [0.5, 0.6) is 0 Å². The van der Waals surface area contributed by atoms with Crippen LogP contribution >= 0.6 is 0 Å². The zero-order chi connectivity index (χ0) is 20.1. The fraction of sp³-hybridized carbons (Fsp3) is 0.240. The van der Waals surface area contributed by atoms with Crippen LogP contribution in [-0.4, -0.2) is 44.2 Å². The molecule has 0 N–H and O–H groups in total. The Labute approximate surface area is 172 Å². The molecule has 0 atom stereocenters. The highest BCUT2D eigenvalue weighted by Crippen LogP contribution is 2.20. The van der Waals surface area contributed by atoms with Crippen LogP contribution in [0.25, 0.3) is 16.8 Å². The lowest BCUT2D eigenvalue weighted by Crippen LogP contribution is -2.36. The van der Waals surface area contributed by atoms with Crippen molar-refractivity contribution in [2.45, 2.75) is 6.54 Å². The van der Waals surface area contributed by atoms with Gasteiger partial charge in [0, 0.05) is 38.4 Å². The Morgan fingerprint density at radius 3 is 2.52 bits per heavy atom. The van der Waals surface area contributed by atoms with Crippen LogP contribution in [0, 0.1) is 0 Å². The van der Waals surface area contributed by atoms with E-state index in [1.165, 1.54) is 11.1 Å². The Balaban J connectivity index is 1.39. The number of carbonyl (C=O) groups excluding carboxylic acids is 1. The van der Waals surface area contributed by atoms with E-state index < -0.39 is 0 Å². The molecule has 0 aliphatic carbocycles. The number of nitrogens with zero attached hydrogens (tertiary/aromatic N) is 2. The number of carbonyl (C=O) groups is 1. The van der Waals surface area contributed by atoms with Gasteiger partial charge >= 0.3 is 0 Å². The van der Waals surface area contributed by atoms with E-state index in [4.69, 9.17) is 4.74 Å². The van der Waals surface area contributed by atoms with Crippen molar-refractivity contribution in [3.63, 3.8) is 0 Å². The van der Waals surface area contributed by atoms with E-state index >= 15 is 0 Å². The molecule has 29 heavy (non-hydrogen) atoms. The summed E-state index contributed by atoms with van der Waals surface area (Å²) in [6.07, 6.45) is 3.56. The lowest BCUT2D eigenvalue weighted by molar-refractivity contribution is -0.125. The molecule has 0 radical (unpaired) electrons. The van der Waals surface area contributed by atoms with E-state index in [-0.39, 0.29) is 5.91 Å². The van der Waals surface area contributed by atoms with Gasteiger partial charge in [0.05, 0.1) is 13.2 Å². The Kier molecular flexibility index (Phi) is 5.92. The molecule has 0 unspecified atom stereocenters. The van der Waals surface area contributed by atoms with E-state index in [1.54, 1.807) is 11.0 Å². The van der Waals surface area contributed by atoms with E-state index in [0.717, 1.165) is 42.8 Å². The highest BCUT2D eigenvalue weighted by molar-refractivity contribution is 5.96. The Hall–Kier alpha value is -3.11. The van der Waals surface area contributed by atoms with Gasteiger partial charge in [-0.25, -0.2) is 0 Å². The first-order valence-electron chi connectivity index (χ1n) is 10.0. The number of hydrogen-bond acceptors (Lipinski definition) is 3. The van der Waals surface area contributed by atoms with Gasteiger partial charge in [0.2, 0.25) is 5.91 Å². The minimum Gasteiger partial charge on any atom is -0.378 e. The van der Waals surface area contributed by atoms with Crippen LogP contribution in [0.2, 0.25) is 0 Å². The van der Waals surface area contributed by atoms with Gasteiger partial charge in [-0.2, -0.15) is 0 Å². The summed E-state index contributed by atoms with van der Waals surface area (Å²) in [6.45, 7) is 4.00. The molecule has 4 heteroatoms. The molecule has 1 saturated heterocycles. The lowest BCUT2D eigenvalue weighted by atomic mass is 10.0. The smallest absolute Gasteiger partial charge is 0.246 e. The first-order valence-corrected chi connectivity index (χ1v) is 10.0. The quantitative estimate of drug-likeness (QED) is 0.611. The number of fused-ring (bicyclic) bond motifs is 1. The maximum Gasteiger partial charge on any atom is 0.246 e. The van der Waals surface area contributed by atoms with Gasteiger partial charge in [0.1, 0.15) is 0 Å². The van der Waals surface area contributed by atoms with Crippen LogP contribution in [0.4, 0.5) is 5.69 Å². The lowest BCUT2D eigenvalue weighted by Gasteiger charge is -2.29. The number of rotatable bonds is 5. The van der Waals surface area contributed by atoms with Crippen LogP contribution in [0.3, 0.4) is 0 Å². The maximum absolute atomic E-state index is 12.6. The van der Waals surface area contributed by atoms with Gasteiger partial charge in [-0.15, -0.1) is 0 Å². The van der Waals surface area contributed by atoms with E-state index in [2.05, 4.69) is 47.4 Å². The zero-order valence-corrected chi connectivity index (χ0v) is 16.8. The average molecular weight is 386 g/mol. The number of likely N-dealkylation sites (N-methyl/N-ethyl adjacent to an activating group) is 1. The monoisotopic (exact) mass is 386 g/mol. The number of hydrogen-bond donors (Lipinski definition) is 0. The standard InChI is InChI=1S/C25H26N2O2/c1-26(19-20-9-12-23(13-10-20)27-15-17-29-18-16-27)25(28)14-11-22-7-4-6-21-5-2-3-8-24(21)22/h2-14H,15-19H2,1H3. The molecular weight excluding hydrogens is 360 g/mol. The van der Waals surface area contributed by atoms with Crippen LogP contribution in [-0.2, 0) is 16.1 Å². The SMILES string of the molecule is CN(Cc1ccc(N2CCOCC2)cc1)C(=O)C=Cc1cccc2ccccc12. The molecule has 0 spiro atoms. The molecule has 0 bridgehead atoms. The van der Waals surface area contributed by atoms with Crippen molar-refractivity contribution in [2.75, 3.05) is 38.3 Å². The summed E-state index contributed by atoms with van der Waals surface area (Å²) >= 11 is 0. The van der Waals surface area contributed by atoms with Crippen LogP contribution < -0.4 is 4.90 Å². The maximum atomic E-state index is 12.6. The molecule has 0 aromatic heterocycles. The van der Waals surface area contributed by atoms with Crippen LogP contribution in [0.15, 0.2) is 72.8 Å². The van der Waals surface area contributed by atoms with Gasteiger partial charge < -0.3 is 14.5 Å². The third-order valence-electron chi connectivity index (χ3n) is 5.34. The van der Waals surface area contributed by atoms with Crippen molar-refractivity contribution in [2.24, 2.45) is 0 Å². The van der Waals surface area contributed by atoms with E-state index in [1.807, 2.05) is 37.4 Å². The minimum absolute atomic E-state index is 0.00445. The van der Waals surface area contributed by atoms with Gasteiger partial charge in [0.25, 0.3) is 0 Å². The highest BCUT2D eigenvalue weighted by Gasteiger charge is 2.11. The molecule has 1 fully saturated rings. The summed E-state index contributed by atoms with van der Waals surface area (Å²) in [7, 11) is 1.84. The van der Waals surface area contributed by atoms with Crippen molar-refractivity contribution < 1.29 is 9.53 Å². The number of ether oxygens (including phenoxy) is 1. The number of anilines is 1. The summed E-state index contributed by atoms with van der Waals surface area (Å²) in [4.78, 5) is 16.7. The largest absolute Gasteiger partial charge is 0.378 e. The van der Waals surface area contributed by atoms with Crippen molar-refractivity contribution in [1.29, 1.82) is 0 Å². The molecule has 0 saturated carbocycles. The summed E-state index contributed by atoms with van der Waals surface area (Å²) in [5.41, 5.74) is 3.39. The predicted molar refractivity (Wildman–Crippen MR) is 119 cm³/mol. The molecule has 4 nitrogen and oxygen atoms in total. The molecule has 1 aliphatic rings. The van der Waals surface area contributed by atoms with Crippen molar-refractivity contribution >= 4 is 28.4 Å². The summed E-state index contributed by atoms with van der Waals surface area (Å²) < 4.78 is 5.41. The van der Waals surface area contributed by atoms with E-state index in [0.29, 0.717) is 6.54 Å². The molecule has 4 rings (SSSR count). The second-order valence-corrected chi connectivity index (χ2v) is 7.36. The van der Waals surface area contributed by atoms with Crippen molar-refractivity contribution in [3.8, 4) is 0 Å². The molecule has 148 valence electrons. The molecule has 1 heterocycles. The van der Waals surface area contributed by atoms with Gasteiger partial charge in [-0.3, -0.25) is 4.79 Å². The number of amides is 1. The summed E-state index contributed by atoms with van der Waals surface area (Å²) in [6, 6.07) is 22.8. The van der Waals surface area contributed by atoms with E-state index in [9.17, 15) is 4.79 Å². The second-order valence-electron chi connectivity index (χ2n) is 7.36. The normalized spacial score (nSPS) is 14.4. The first-order chi connectivity index (χ1) is 14.2. The Bertz CT molecular complexity index is 1000. The van der Waals surface area contributed by atoms with Gasteiger partial charge in [-0.05, 0) is 40.1 Å². The fourth-order valence-electron chi connectivity index (χ4n) is 3.67. The number of morpholine rings is 1. The third kappa shape index (κ3) is 4.66. The zero-order valence-electron chi connectivity index (χ0n) is 16.8. The van der Waals surface area contributed by atoms with Crippen molar-refractivity contribution in [1.82, 2.24) is 4.90 Å². The van der Waals surface area contributed by atoms with Gasteiger partial charge in [-0.1, -0.05) is 54.6 Å². The molecule has 3 aromatic rings. The Morgan fingerprint density at radius 1 is 1.00 bits per heavy atom. The molecule has 1 aliphatic heterocycles. The molecular formula is C25H26N2O2. The first kappa shape index (κ1) is 19.2. The van der Waals surface area contributed by atoms with Crippen LogP contribution in [0.1, 0.15) is 11.1 Å². The summed E-state index contributed by atoms with van der Waals surface area (Å²) in [5.74, 6) is -0.00445. The van der Waals surface area contributed by atoms with Gasteiger partial charge in [0.15, 0.2) is 0 Å². The number of benzene rings is 3. The molecule has 3 aromatic carbocycles. The van der Waals surface area contributed by atoms with Crippen molar-refractivity contribution in [3.05, 3.63) is 83.9 Å². The third-order valence-corrected chi connectivity index (χ3v) is 5.34. The molecule has 1 amide bonds. The topological polar surface area (TPSA) is 32.8 Å². The fourth-order valence-corrected chi connectivity index (χ4v) is 3.67. The Morgan fingerprint density at radius 2 is 1.72 bits per heavy atom. The second kappa shape index (κ2) is 8.93. The minimum atomic E-state index is -0.00445. The predicted octanol–water partition coefficient (Wildman–Crippen LogP) is 4.35. The highest BCUT2D eigenvalue weighted by atomic mass is 16.5.